The van der Waals surface area contributed by atoms with Gasteiger partial charge in [0.1, 0.15) is 12.6 Å². The number of carbonyl (C=O) groups excluding carboxylic acids is 2. The van der Waals surface area contributed by atoms with E-state index in [0.717, 1.165) is 16.7 Å². The Morgan fingerprint density at radius 3 is 2.00 bits per heavy atom. The van der Waals surface area contributed by atoms with Crippen LogP contribution in [-0.2, 0) is 27.3 Å². The predicted octanol–water partition coefficient (Wildman–Crippen LogP) is 4.49. The van der Waals surface area contributed by atoms with Crippen LogP contribution in [0.15, 0.2) is 91.0 Å². The van der Waals surface area contributed by atoms with Gasteiger partial charge in [-0.2, -0.15) is 0 Å². The largest absolute Gasteiger partial charge is 0.444 e. The van der Waals surface area contributed by atoms with Crippen LogP contribution in [0.1, 0.15) is 22.9 Å². The van der Waals surface area contributed by atoms with E-state index in [4.69, 9.17) is 9.47 Å². The van der Waals surface area contributed by atoms with E-state index in [1.165, 1.54) is 4.90 Å². The number of amides is 1. The van der Waals surface area contributed by atoms with Gasteiger partial charge in [-0.15, -0.1) is 0 Å². The summed E-state index contributed by atoms with van der Waals surface area (Å²) in [6.07, 6.45) is -1.01. The lowest BCUT2D eigenvalue weighted by Gasteiger charge is -2.25. The highest BCUT2D eigenvalue weighted by Gasteiger charge is 2.46. The minimum Gasteiger partial charge on any atom is -0.444 e. The second kappa shape index (κ2) is 8.61. The number of nitrogens with zero attached hydrogens (tertiary/aromatic N) is 1. The number of benzene rings is 3. The van der Waals surface area contributed by atoms with Crippen LogP contribution < -0.4 is 0 Å². The molecular formula is C24H21NO4. The van der Waals surface area contributed by atoms with Gasteiger partial charge in [-0.3, -0.25) is 4.90 Å². The average molecular weight is 387 g/mol. The van der Waals surface area contributed by atoms with Gasteiger partial charge in [0, 0.05) is 12.0 Å². The van der Waals surface area contributed by atoms with Crippen LogP contribution in [0.3, 0.4) is 0 Å². The van der Waals surface area contributed by atoms with Gasteiger partial charge < -0.3 is 9.47 Å². The van der Waals surface area contributed by atoms with Gasteiger partial charge in [0.15, 0.2) is 0 Å². The van der Waals surface area contributed by atoms with Crippen molar-refractivity contribution in [3.05, 3.63) is 108 Å². The van der Waals surface area contributed by atoms with E-state index in [1.807, 2.05) is 91.0 Å². The van der Waals surface area contributed by atoms with Crippen LogP contribution in [0, 0.1) is 0 Å². The van der Waals surface area contributed by atoms with Crippen molar-refractivity contribution in [2.75, 3.05) is 0 Å². The Labute approximate surface area is 169 Å². The number of rotatable bonds is 5. The molecule has 1 fully saturated rings. The molecule has 29 heavy (non-hydrogen) atoms. The second-order valence-electron chi connectivity index (χ2n) is 6.85. The van der Waals surface area contributed by atoms with E-state index in [-0.39, 0.29) is 6.61 Å². The summed E-state index contributed by atoms with van der Waals surface area (Å²) in [5, 5.41) is 0. The van der Waals surface area contributed by atoms with Crippen LogP contribution in [0.4, 0.5) is 4.79 Å². The summed E-state index contributed by atoms with van der Waals surface area (Å²) < 4.78 is 11.1. The maximum Gasteiger partial charge on any atom is 0.414 e. The zero-order valence-electron chi connectivity index (χ0n) is 15.8. The first kappa shape index (κ1) is 18.7. The highest BCUT2D eigenvalue weighted by atomic mass is 16.6. The molecule has 0 unspecified atom stereocenters. The summed E-state index contributed by atoms with van der Waals surface area (Å²) in [4.78, 5) is 27.1. The van der Waals surface area contributed by atoms with Crippen LogP contribution in [0.25, 0.3) is 0 Å². The molecule has 3 aromatic rings. The second-order valence-corrected chi connectivity index (χ2v) is 6.85. The molecule has 3 aromatic carbocycles. The predicted molar refractivity (Wildman–Crippen MR) is 108 cm³/mol. The third-order valence-electron chi connectivity index (χ3n) is 4.86. The molecule has 0 saturated carbocycles. The topological polar surface area (TPSA) is 55.8 Å². The first-order chi connectivity index (χ1) is 14.2. The molecule has 1 aliphatic rings. The fraction of sp³-hybridized carbons (Fsp3) is 0.167. The Balaban J connectivity index is 1.59. The molecule has 1 heterocycles. The summed E-state index contributed by atoms with van der Waals surface area (Å²) in [5.74, 6) is -0.431. The maximum atomic E-state index is 13.0. The molecule has 0 radical (unpaired) electrons. The van der Waals surface area contributed by atoms with Crippen molar-refractivity contribution in [2.45, 2.75) is 25.3 Å². The molecule has 146 valence electrons. The number of cyclic esters (lactones) is 1. The fourth-order valence-corrected chi connectivity index (χ4v) is 3.40. The van der Waals surface area contributed by atoms with E-state index in [9.17, 15) is 9.59 Å². The minimum atomic E-state index is -0.805. The smallest absolute Gasteiger partial charge is 0.414 e. The van der Waals surface area contributed by atoms with Crippen molar-refractivity contribution in [1.29, 1.82) is 0 Å². The number of esters is 1. The Morgan fingerprint density at radius 2 is 1.38 bits per heavy atom. The highest BCUT2D eigenvalue weighted by Crippen LogP contribution is 2.34. The molecule has 5 heteroatoms. The van der Waals surface area contributed by atoms with E-state index in [0.29, 0.717) is 6.42 Å². The molecule has 1 aliphatic heterocycles. The van der Waals surface area contributed by atoms with Crippen molar-refractivity contribution < 1.29 is 19.1 Å². The molecule has 0 aromatic heterocycles. The summed E-state index contributed by atoms with van der Waals surface area (Å²) in [5.41, 5.74) is 2.56. The molecular weight excluding hydrogens is 366 g/mol. The van der Waals surface area contributed by atoms with Crippen molar-refractivity contribution in [3.8, 4) is 0 Å². The third kappa shape index (κ3) is 4.29. The fourth-order valence-electron chi connectivity index (χ4n) is 3.40. The molecule has 0 N–H and O–H groups in total. The van der Waals surface area contributed by atoms with E-state index in [1.54, 1.807) is 0 Å². The van der Waals surface area contributed by atoms with Gasteiger partial charge in [0.25, 0.3) is 0 Å². The molecule has 1 saturated heterocycles. The maximum absolute atomic E-state index is 13.0. The summed E-state index contributed by atoms with van der Waals surface area (Å²) in [7, 11) is 0. The number of hydrogen-bond acceptors (Lipinski definition) is 4. The number of ether oxygens (including phenoxy) is 2. The Hall–Kier alpha value is -3.60. The van der Waals surface area contributed by atoms with Crippen LogP contribution in [0.5, 0.6) is 0 Å². The van der Waals surface area contributed by atoms with Gasteiger partial charge in [0.2, 0.25) is 6.23 Å². The van der Waals surface area contributed by atoms with Gasteiger partial charge in [-0.05, 0) is 11.1 Å². The molecule has 0 bridgehead atoms. The quantitative estimate of drug-likeness (QED) is 0.605. The van der Waals surface area contributed by atoms with Gasteiger partial charge in [0.05, 0.1) is 0 Å². The first-order valence-electron chi connectivity index (χ1n) is 9.51. The summed E-state index contributed by atoms with van der Waals surface area (Å²) in [6, 6.07) is 27.5. The number of carbonyl (C=O) groups is 2. The van der Waals surface area contributed by atoms with Crippen molar-refractivity contribution >= 4 is 12.1 Å². The molecule has 1 amide bonds. The molecule has 5 nitrogen and oxygen atoms in total. The van der Waals surface area contributed by atoms with Crippen LogP contribution in [0.2, 0.25) is 0 Å². The SMILES string of the molecule is O=C1O[C@H](c2ccccc2)N(C(=O)OCc2ccccc2)[C@H]1Cc1ccccc1. The van der Waals surface area contributed by atoms with Gasteiger partial charge in [-0.25, -0.2) is 9.59 Å². The standard InChI is InChI=1S/C24H21NO4/c26-23-21(16-18-10-4-1-5-11-18)25(22(29-23)20-14-8-3-9-15-20)24(27)28-17-19-12-6-2-7-13-19/h1-15,21-22H,16-17H2/t21-,22+/m0/s1. The molecule has 2 atom stereocenters. The van der Waals surface area contributed by atoms with Crippen molar-refractivity contribution in [3.63, 3.8) is 0 Å². The lowest BCUT2D eigenvalue weighted by molar-refractivity contribution is -0.142. The third-order valence-corrected chi connectivity index (χ3v) is 4.86. The van der Waals surface area contributed by atoms with Crippen LogP contribution in [-0.4, -0.2) is 23.0 Å². The minimum absolute atomic E-state index is 0.129. The Bertz CT molecular complexity index is 960. The Morgan fingerprint density at radius 1 is 0.828 bits per heavy atom. The molecule has 4 rings (SSSR count). The van der Waals surface area contributed by atoms with Gasteiger partial charge in [-0.1, -0.05) is 91.0 Å². The molecule has 0 aliphatic carbocycles. The summed E-state index contributed by atoms with van der Waals surface area (Å²) in [6.45, 7) is 0.129. The Kier molecular flexibility index (Phi) is 5.56. The number of hydrogen-bond donors (Lipinski definition) is 0. The normalized spacial score (nSPS) is 18.3. The summed E-state index contributed by atoms with van der Waals surface area (Å²) >= 11 is 0. The zero-order chi connectivity index (χ0) is 20.1. The van der Waals surface area contributed by atoms with E-state index >= 15 is 0 Å². The van der Waals surface area contributed by atoms with E-state index in [2.05, 4.69) is 0 Å². The lowest BCUT2D eigenvalue weighted by Crippen LogP contribution is -2.41. The van der Waals surface area contributed by atoms with Gasteiger partial charge >= 0.3 is 12.1 Å². The average Bonchev–Trinajstić information content (AvgIpc) is 3.10. The van der Waals surface area contributed by atoms with Crippen molar-refractivity contribution in [2.24, 2.45) is 0 Å². The monoisotopic (exact) mass is 387 g/mol. The zero-order valence-corrected chi connectivity index (χ0v) is 15.8. The highest BCUT2D eigenvalue weighted by molar-refractivity contribution is 5.85. The van der Waals surface area contributed by atoms with Crippen molar-refractivity contribution in [1.82, 2.24) is 4.90 Å². The lowest BCUT2D eigenvalue weighted by atomic mass is 10.1. The van der Waals surface area contributed by atoms with E-state index < -0.39 is 24.3 Å². The van der Waals surface area contributed by atoms with Crippen LogP contribution >= 0.6 is 0 Å². The molecule has 0 spiro atoms. The first-order valence-corrected chi connectivity index (χ1v) is 9.51.